The number of amides is 2. The highest BCUT2D eigenvalue weighted by Crippen LogP contribution is 2.18. The molecule has 2 N–H and O–H groups in total. The first-order valence-electron chi connectivity index (χ1n) is 10.6. The zero-order chi connectivity index (χ0) is 23.1. The number of sulfonamides is 1. The Labute approximate surface area is 189 Å². The normalized spacial score (nSPS) is 14.8. The Kier molecular flexibility index (Phi) is 8.00. The minimum Gasteiger partial charge on any atom is -0.379 e. The van der Waals surface area contributed by atoms with Gasteiger partial charge in [-0.15, -0.1) is 0 Å². The molecule has 0 unspecified atom stereocenters. The maximum Gasteiger partial charge on any atom is 0.251 e. The highest BCUT2D eigenvalue weighted by Gasteiger charge is 2.26. The third-order valence-corrected chi connectivity index (χ3v) is 6.89. The van der Waals surface area contributed by atoms with Gasteiger partial charge in [-0.3, -0.25) is 9.59 Å². The predicted octanol–water partition coefficient (Wildman–Crippen LogP) is 2.62. The fourth-order valence-corrected chi connectivity index (χ4v) is 4.75. The number of anilines is 1. The minimum absolute atomic E-state index is 0.0479. The molecule has 2 aromatic rings. The molecule has 172 valence electrons. The molecule has 1 saturated heterocycles. The number of carbonyl (C=O) groups is 2. The molecule has 2 amide bonds. The second kappa shape index (κ2) is 10.7. The molecule has 0 atom stereocenters. The molecule has 1 fully saturated rings. The second-order valence-electron chi connectivity index (χ2n) is 8.07. The van der Waals surface area contributed by atoms with Crippen LogP contribution in [-0.2, 0) is 26.1 Å². The molecule has 1 aliphatic rings. The van der Waals surface area contributed by atoms with E-state index < -0.39 is 10.0 Å². The first-order chi connectivity index (χ1) is 15.3. The van der Waals surface area contributed by atoms with Gasteiger partial charge in [0.05, 0.1) is 18.1 Å². The van der Waals surface area contributed by atoms with Crippen LogP contribution in [0.4, 0.5) is 5.69 Å². The summed E-state index contributed by atoms with van der Waals surface area (Å²) in [6.45, 7) is 5.64. The highest BCUT2D eigenvalue weighted by molar-refractivity contribution is 7.89. The van der Waals surface area contributed by atoms with Crippen molar-refractivity contribution < 1.29 is 22.7 Å². The predicted molar refractivity (Wildman–Crippen MR) is 122 cm³/mol. The summed E-state index contributed by atoms with van der Waals surface area (Å²) in [6, 6.07) is 13.2. The lowest BCUT2D eigenvalue weighted by atomic mass is 10.1. The number of nitrogens with zero attached hydrogens (tertiary/aromatic N) is 1. The van der Waals surface area contributed by atoms with Crippen LogP contribution in [0.15, 0.2) is 53.4 Å². The number of morpholine rings is 1. The Morgan fingerprint density at radius 3 is 2.41 bits per heavy atom. The van der Waals surface area contributed by atoms with Crippen LogP contribution in [0.2, 0.25) is 0 Å². The van der Waals surface area contributed by atoms with Gasteiger partial charge in [0.2, 0.25) is 15.9 Å². The average Bonchev–Trinajstić information content (AvgIpc) is 2.78. The monoisotopic (exact) mass is 459 g/mol. The van der Waals surface area contributed by atoms with Crippen LogP contribution in [0.3, 0.4) is 0 Å². The van der Waals surface area contributed by atoms with Crippen molar-refractivity contribution in [2.75, 3.05) is 31.6 Å². The summed E-state index contributed by atoms with van der Waals surface area (Å²) in [6.07, 6.45) is 0.443. The smallest absolute Gasteiger partial charge is 0.251 e. The molecule has 0 saturated carbocycles. The summed E-state index contributed by atoms with van der Waals surface area (Å²) < 4.78 is 32.0. The van der Waals surface area contributed by atoms with E-state index in [9.17, 15) is 18.0 Å². The number of rotatable bonds is 8. The molecular formula is C23H29N3O5S. The molecule has 0 aliphatic carbocycles. The number of nitrogens with one attached hydrogen (secondary N) is 2. The molecule has 0 aromatic heterocycles. The zero-order valence-corrected chi connectivity index (χ0v) is 19.2. The minimum atomic E-state index is -3.60. The van der Waals surface area contributed by atoms with Gasteiger partial charge < -0.3 is 15.4 Å². The fourth-order valence-electron chi connectivity index (χ4n) is 3.34. The summed E-state index contributed by atoms with van der Waals surface area (Å²) in [5.74, 6) is -0.0874. The Hall–Kier alpha value is -2.75. The maximum atomic E-state index is 12.7. The summed E-state index contributed by atoms with van der Waals surface area (Å²) in [4.78, 5) is 24.6. The molecular weight excluding hydrogens is 430 g/mol. The molecule has 2 aromatic carbocycles. The lowest BCUT2D eigenvalue weighted by Crippen LogP contribution is -2.40. The Balaban J connectivity index is 1.58. The molecule has 1 aliphatic heterocycles. The van der Waals surface area contributed by atoms with Gasteiger partial charge in [0, 0.05) is 37.3 Å². The van der Waals surface area contributed by atoms with Gasteiger partial charge >= 0.3 is 0 Å². The van der Waals surface area contributed by atoms with Gasteiger partial charge in [-0.1, -0.05) is 26.0 Å². The topological polar surface area (TPSA) is 105 Å². The van der Waals surface area contributed by atoms with Gasteiger partial charge in [0.1, 0.15) is 0 Å². The van der Waals surface area contributed by atoms with Crippen LogP contribution in [-0.4, -0.2) is 50.8 Å². The van der Waals surface area contributed by atoms with Crippen LogP contribution in [0.5, 0.6) is 0 Å². The molecule has 9 heteroatoms. The van der Waals surface area contributed by atoms with E-state index in [1.807, 2.05) is 32.0 Å². The van der Waals surface area contributed by atoms with E-state index in [1.54, 1.807) is 6.07 Å². The molecule has 3 rings (SSSR count). The van der Waals surface area contributed by atoms with Crippen LogP contribution >= 0.6 is 0 Å². The standard InChI is InChI=1S/C23H29N3O5S/c1-17(2)14-22(27)25-20-5-3-4-18(15-20)16-24-23(28)19-6-8-21(9-7-19)32(29,30)26-10-12-31-13-11-26/h3-9,15,17H,10-14,16H2,1-2H3,(H,24,28)(H,25,27). The highest BCUT2D eigenvalue weighted by atomic mass is 32.2. The first kappa shape index (κ1) is 23.9. The summed E-state index contributed by atoms with van der Waals surface area (Å²) in [5, 5.41) is 5.68. The Morgan fingerprint density at radius 1 is 1.06 bits per heavy atom. The van der Waals surface area contributed by atoms with Gasteiger partial charge in [-0.25, -0.2) is 8.42 Å². The van der Waals surface area contributed by atoms with E-state index in [0.717, 1.165) is 5.56 Å². The molecule has 32 heavy (non-hydrogen) atoms. The van der Waals surface area contributed by atoms with E-state index in [-0.39, 0.29) is 29.2 Å². The van der Waals surface area contributed by atoms with Crippen molar-refractivity contribution in [2.45, 2.75) is 31.7 Å². The van der Waals surface area contributed by atoms with Crippen LogP contribution < -0.4 is 10.6 Å². The number of ether oxygens (including phenoxy) is 1. The SMILES string of the molecule is CC(C)CC(=O)Nc1cccc(CNC(=O)c2ccc(S(=O)(=O)N3CCOCC3)cc2)c1. The zero-order valence-electron chi connectivity index (χ0n) is 18.3. The molecule has 0 bridgehead atoms. The van der Waals surface area contributed by atoms with Crippen molar-refractivity contribution in [2.24, 2.45) is 5.92 Å². The number of carbonyl (C=O) groups excluding carboxylic acids is 2. The molecule has 8 nitrogen and oxygen atoms in total. The fraction of sp³-hybridized carbons (Fsp3) is 0.391. The quantitative estimate of drug-likeness (QED) is 0.631. The van der Waals surface area contributed by atoms with Crippen molar-refractivity contribution in [1.29, 1.82) is 0 Å². The summed E-state index contributed by atoms with van der Waals surface area (Å²) >= 11 is 0. The van der Waals surface area contributed by atoms with Crippen LogP contribution in [0.1, 0.15) is 36.2 Å². The largest absolute Gasteiger partial charge is 0.379 e. The lowest BCUT2D eigenvalue weighted by molar-refractivity contribution is -0.116. The van der Waals surface area contributed by atoms with Gasteiger partial charge in [0.25, 0.3) is 5.91 Å². The average molecular weight is 460 g/mol. The Morgan fingerprint density at radius 2 is 1.75 bits per heavy atom. The van der Waals surface area contributed by atoms with Gasteiger partial charge in [0.15, 0.2) is 0 Å². The third kappa shape index (κ3) is 6.38. The van der Waals surface area contributed by atoms with E-state index in [4.69, 9.17) is 4.74 Å². The van der Waals surface area contributed by atoms with E-state index in [1.165, 1.54) is 28.6 Å². The molecule has 0 radical (unpaired) electrons. The third-order valence-electron chi connectivity index (χ3n) is 4.98. The lowest BCUT2D eigenvalue weighted by Gasteiger charge is -2.26. The number of hydrogen-bond donors (Lipinski definition) is 2. The van der Waals surface area contributed by atoms with Crippen LogP contribution in [0, 0.1) is 5.92 Å². The van der Waals surface area contributed by atoms with E-state index in [0.29, 0.717) is 44.0 Å². The van der Waals surface area contributed by atoms with Crippen molar-refractivity contribution >= 4 is 27.5 Å². The summed E-state index contributed by atoms with van der Waals surface area (Å²) in [5.41, 5.74) is 1.89. The first-order valence-corrected chi connectivity index (χ1v) is 12.0. The van der Waals surface area contributed by atoms with Gasteiger partial charge in [-0.05, 0) is 47.9 Å². The van der Waals surface area contributed by atoms with E-state index in [2.05, 4.69) is 10.6 Å². The van der Waals surface area contributed by atoms with Crippen molar-refractivity contribution in [3.8, 4) is 0 Å². The van der Waals surface area contributed by atoms with E-state index >= 15 is 0 Å². The molecule has 1 heterocycles. The van der Waals surface area contributed by atoms with Crippen molar-refractivity contribution in [3.05, 3.63) is 59.7 Å². The van der Waals surface area contributed by atoms with Crippen molar-refractivity contribution in [1.82, 2.24) is 9.62 Å². The van der Waals surface area contributed by atoms with Gasteiger partial charge in [-0.2, -0.15) is 4.31 Å². The number of benzene rings is 2. The Bertz CT molecular complexity index is 1050. The maximum absolute atomic E-state index is 12.7. The van der Waals surface area contributed by atoms with Crippen LogP contribution in [0.25, 0.3) is 0 Å². The summed E-state index contributed by atoms with van der Waals surface area (Å²) in [7, 11) is -3.60. The number of hydrogen-bond acceptors (Lipinski definition) is 5. The second-order valence-corrected chi connectivity index (χ2v) is 10.0. The van der Waals surface area contributed by atoms with Crippen molar-refractivity contribution in [3.63, 3.8) is 0 Å². The molecule has 0 spiro atoms.